The topological polar surface area (TPSA) is 114 Å². The van der Waals surface area contributed by atoms with E-state index in [0.29, 0.717) is 12.1 Å². The average molecular weight is 361 g/mol. The number of benzene rings is 1. The lowest BCUT2D eigenvalue weighted by atomic mass is 10.2. The van der Waals surface area contributed by atoms with E-state index in [4.69, 9.17) is 4.74 Å². The SMILES string of the molecule is CC(=O)NC(=Cc1ccccc1)C(=O)OCC(=O)NC(=O)NCC(C)C. The summed E-state index contributed by atoms with van der Waals surface area (Å²) < 4.78 is 4.85. The number of esters is 1. The molecule has 0 bridgehead atoms. The van der Waals surface area contributed by atoms with Gasteiger partial charge in [-0.1, -0.05) is 44.2 Å². The number of nitrogens with one attached hydrogen (secondary N) is 3. The summed E-state index contributed by atoms with van der Waals surface area (Å²) in [4.78, 5) is 46.5. The standard InChI is InChI=1S/C18H23N3O5/c1-12(2)10-19-18(25)21-16(23)11-26-17(24)15(20-13(3)22)9-14-7-5-4-6-8-14/h4-9,12H,10-11H2,1-3H3,(H,20,22)(H2,19,21,23,25). The Morgan fingerprint density at radius 1 is 1.08 bits per heavy atom. The number of ether oxygens (including phenoxy) is 1. The van der Waals surface area contributed by atoms with Crippen molar-refractivity contribution < 1.29 is 23.9 Å². The minimum atomic E-state index is -0.887. The lowest BCUT2D eigenvalue weighted by Gasteiger charge is -2.10. The molecule has 0 aliphatic carbocycles. The molecule has 3 N–H and O–H groups in total. The van der Waals surface area contributed by atoms with Crippen molar-refractivity contribution >= 4 is 29.9 Å². The first-order valence-electron chi connectivity index (χ1n) is 8.07. The summed E-state index contributed by atoms with van der Waals surface area (Å²) in [5.41, 5.74) is 0.562. The molecular weight excluding hydrogens is 338 g/mol. The molecule has 26 heavy (non-hydrogen) atoms. The van der Waals surface area contributed by atoms with Crippen LogP contribution in [0, 0.1) is 5.92 Å². The van der Waals surface area contributed by atoms with Crippen molar-refractivity contribution in [1.82, 2.24) is 16.0 Å². The van der Waals surface area contributed by atoms with E-state index in [2.05, 4.69) is 10.6 Å². The van der Waals surface area contributed by atoms with E-state index < -0.39 is 30.4 Å². The van der Waals surface area contributed by atoms with E-state index in [-0.39, 0.29) is 11.6 Å². The maximum atomic E-state index is 12.1. The molecule has 0 saturated heterocycles. The Morgan fingerprint density at radius 2 is 1.73 bits per heavy atom. The Morgan fingerprint density at radius 3 is 2.31 bits per heavy atom. The molecular formula is C18H23N3O5. The minimum absolute atomic E-state index is 0.110. The van der Waals surface area contributed by atoms with Crippen LogP contribution in [0.5, 0.6) is 0 Å². The highest BCUT2D eigenvalue weighted by molar-refractivity contribution is 6.00. The molecule has 8 nitrogen and oxygen atoms in total. The number of amides is 4. The minimum Gasteiger partial charge on any atom is -0.451 e. The maximum Gasteiger partial charge on any atom is 0.355 e. The number of carbonyl (C=O) groups is 4. The van der Waals surface area contributed by atoms with E-state index in [1.54, 1.807) is 24.3 Å². The lowest BCUT2D eigenvalue weighted by Crippen LogP contribution is -2.42. The van der Waals surface area contributed by atoms with Crippen LogP contribution in [0.2, 0.25) is 0 Å². The van der Waals surface area contributed by atoms with E-state index in [9.17, 15) is 19.2 Å². The predicted octanol–water partition coefficient (Wildman–Crippen LogP) is 1.19. The summed E-state index contributed by atoms with van der Waals surface area (Å²) in [5, 5.41) is 6.91. The van der Waals surface area contributed by atoms with Crippen molar-refractivity contribution in [2.24, 2.45) is 5.92 Å². The van der Waals surface area contributed by atoms with Crippen LogP contribution in [0.25, 0.3) is 6.08 Å². The van der Waals surface area contributed by atoms with Gasteiger partial charge < -0.3 is 15.4 Å². The van der Waals surface area contributed by atoms with Gasteiger partial charge in [0.15, 0.2) is 6.61 Å². The second kappa shape index (κ2) is 10.7. The molecule has 0 heterocycles. The Hall–Kier alpha value is -3.16. The van der Waals surface area contributed by atoms with Crippen LogP contribution in [-0.4, -0.2) is 37.0 Å². The second-order valence-corrected chi connectivity index (χ2v) is 5.88. The highest BCUT2D eigenvalue weighted by Gasteiger charge is 2.16. The van der Waals surface area contributed by atoms with E-state index in [1.165, 1.54) is 13.0 Å². The zero-order chi connectivity index (χ0) is 19.5. The van der Waals surface area contributed by atoms with Gasteiger partial charge in [-0.15, -0.1) is 0 Å². The van der Waals surface area contributed by atoms with Gasteiger partial charge >= 0.3 is 12.0 Å². The summed E-state index contributed by atoms with van der Waals surface area (Å²) in [6.07, 6.45) is 1.43. The summed E-state index contributed by atoms with van der Waals surface area (Å²) in [6.45, 7) is 4.82. The molecule has 0 aromatic heterocycles. The normalized spacial score (nSPS) is 10.8. The van der Waals surface area contributed by atoms with Gasteiger partial charge in [-0.05, 0) is 17.6 Å². The van der Waals surface area contributed by atoms with Crippen molar-refractivity contribution in [3.63, 3.8) is 0 Å². The van der Waals surface area contributed by atoms with Gasteiger partial charge in [0.1, 0.15) is 5.70 Å². The Bertz CT molecular complexity index is 683. The maximum absolute atomic E-state index is 12.1. The Kier molecular flexibility index (Phi) is 8.56. The zero-order valence-corrected chi connectivity index (χ0v) is 15.0. The van der Waals surface area contributed by atoms with Crippen LogP contribution >= 0.6 is 0 Å². The average Bonchev–Trinajstić information content (AvgIpc) is 2.58. The fourth-order valence-electron chi connectivity index (χ4n) is 1.76. The van der Waals surface area contributed by atoms with Gasteiger partial charge in [-0.2, -0.15) is 0 Å². The van der Waals surface area contributed by atoms with E-state index in [1.807, 2.05) is 25.2 Å². The Balaban J connectivity index is 2.61. The fourth-order valence-corrected chi connectivity index (χ4v) is 1.76. The van der Waals surface area contributed by atoms with Crippen molar-refractivity contribution in [1.29, 1.82) is 0 Å². The van der Waals surface area contributed by atoms with E-state index in [0.717, 1.165) is 0 Å². The van der Waals surface area contributed by atoms with Crippen molar-refractivity contribution in [2.45, 2.75) is 20.8 Å². The van der Waals surface area contributed by atoms with Gasteiger partial charge in [-0.25, -0.2) is 9.59 Å². The number of imide groups is 1. The molecule has 0 aliphatic rings. The summed E-state index contributed by atoms with van der Waals surface area (Å²) in [6, 6.07) is 8.16. The highest BCUT2D eigenvalue weighted by atomic mass is 16.5. The molecule has 1 aromatic rings. The number of rotatable bonds is 7. The molecule has 140 valence electrons. The third-order valence-electron chi connectivity index (χ3n) is 2.90. The van der Waals surface area contributed by atoms with E-state index >= 15 is 0 Å². The molecule has 1 rings (SSSR count). The quantitative estimate of drug-likeness (QED) is 0.499. The highest BCUT2D eigenvalue weighted by Crippen LogP contribution is 2.06. The summed E-state index contributed by atoms with van der Waals surface area (Å²) >= 11 is 0. The molecule has 1 aromatic carbocycles. The van der Waals surface area contributed by atoms with Crippen molar-refractivity contribution in [2.75, 3.05) is 13.2 Å². The second-order valence-electron chi connectivity index (χ2n) is 5.88. The molecule has 0 spiro atoms. The molecule has 0 radical (unpaired) electrons. The summed E-state index contributed by atoms with van der Waals surface area (Å²) in [7, 11) is 0. The zero-order valence-electron chi connectivity index (χ0n) is 15.0. The smallest absolute Gasteiger partial charge is 0.355 e. The van der Waals surface area contributed by atoms with Crippen LogP contribution in [0.4, 0.5) is 4.79 Å². The van der Waals surface area contributed by atoms with Gasteiger partial charge in [0.05, 0.1) is 0 Å². The third-order valence-corrected chi connectivity index (χ3v) is 2.90. The van der Waals surface area contributed by atoms with Crippen molar-refractivity contribution in [3.8, 4) is 0 Å². The van der Waals surface area contributed by atoms with Crippen LogP contribution in [0.3, 0.4) is 0 Å². The van der Waals surface area contributed by atoms with Gasteiger partial charge in [0, 0.05) is 13.5 Å². The first-order chi connectivity index (χ1) is 12.3. The molecule has 0 fully saturated rings. The molecule has 0 aliphatic heterocycles. The van der Waals surface area contributed by atoms with Gasteiger partial charge in [-0.3, -0.25) is 14.9 Å². The van der Waals surface area contributed by atoms with Crippen LogP contribution < -0.4 is 16.0 Å². The third kappa shape index (κ3) is 8.62. The van der Waals surface area contributed by atoms with Gasteiger partial charge in [0.2, 0.25) is 5.91 Å². The largest absolute Gasteiger partial charge is 0.451 e. The van der Waals surface area contributed by atoms with Crippen molar-refractivity contribution in [3.05, 3.63) is 41.6 Å². The number of hydrogen-bond donors (Lipinski definition) is 3. The Labute approximate surface area is 152 Å². The first kappa shape index (κ1) is 20.9. The molecule has 4 amide bonds. The molecule has 0 unspecified atom stereocenters. The molecule has 0 atom stereocenters. The molecule has 0 saturated carbocycles. The predicted molar refractivity (Wildman–Crippen MR) is 95.6 cm³/mol. The van der Waals surface area contributed by atoms with Crippen LogP contribution in [-0.2, 0) is 19.1 Å². The first-order valence-corrected chi connectivity index (χ1v) is 8.07. The number of urea groups is 1. The van der Waals surface area contributed by atoms with Crippen LogP contribution in [0.15, 0.2) is 36.0 Å². The fraction of sp³-hybridized carbons (Fsp3) is 0.333. The molecule has 8 heteroatoms. The van der Waals surface area contributed by atoms with Gasteiger partial charge in [0.25, 0.3) is 5.91 Å². The van der Waals surface area contributed by atoms with Crippen LogP contribution in [0.1, 0.15) is 26.3 Å². The lowest BCUT2D eigenvalue weighted by molar-refractivity contribution is -0.145. The number of carbonyl (C=O) groups excluding carboxylic acids is 4. The monoisotopic (exact) mass is 361 g/mol. The summed E-state index contributed by atoms with van der Waals surface area (Å²) in [5.74, 6) is -1.89. The number of hydrogen-bond acceptors (Lipinski definition) is 5.